The Morgan fingerprint density at radius 2 is 0.936 bits per heavy atom. The Kier molecular flexibility index (Phi) is 15.0. The minimum absolute atomic E-state index is 0.0346. The number of unbranched alkanes of at least 4 members (excludes halogenated alkanes) is 10. The summed E-state index contributed by atoms with van der Waals surface area (Å²) in [7, 11) is 0. The number of nitrogens with zero attached hydrogens (tertiary/aromatic N) is 1. The molecular weight excluding hydrogens is 939 g/mol. The molecule has 0 spiro atoms. The molecule has 0 heterocycles. The molecule has 0 aromatic heterocycles. The first-order valence-corrected chi connectivity index (χ1v) is 30.2. The quantitative estimate of drug-likeness (QED) is 0.0612. The van der Waals surface area contributed by atoms with Gasteiger partial charge in [0.05, 0.1) is 11.1 Å². The van der Waals surface area contributed by atoms with Crippen LogP contribution >= 0.6 is 0 Å². The Balaban J connectivity index is 1.02. The van der Waals surface area contributed by atoms with Gasteiger partial charge in [-0.1, -0.05) is 268 Å². The van der Waals surface area contributed by atoms with Crippen LogP contribution in [0.1, 0.15) is 166 Å². The molecule has 0 saturated carbocycles. The summed E-state index contributed by atoms with van der Waals surface area (Å²) in [5.74, 6) is 0. The van der Waals surface area contributed by atoms with Crippen molar-refractivity contribution in [2.75, 3.05) is 4.90 Å². The molecule has 78 heavy (non-hydrogen) atoms. The number of anilines is 3. The highest BCUT2D eigenvalue weighted by Gasteiger charge is 2.49. The van der Waals surface area contributed by atoms with Gasteiger partial charge in [0.2, 0.25) is 0 Å². The van der Waals surface area contributed by atoms with Gasteiger partial charge in [-0.15, -0.1) is 0 Å². The Morgan fingerprint density at radius 3 is 1.60 bits per heavy atom. The predicted molar refractivity (Wildman–Crippen MR) is 333 cm³/mol. The lowest BCUT2D eigenvalue weighted by atomic mass is 9.65. The fourth-order valence-electron chi connectivity index (χ4n) is 14.5. The van der Waals surface area contributed by atoms with E-state index in [1.54, 1.807) is 11.1 Å². The van der Waals surface area contributed by atoms with Gasteiger partial charge in [-0.25, -0.2) is 0 Å². The van der Waals surface area contributed by atoms with Crippen LogP contribution in [0.25, 0.3) is 44.5 Å². The molecule has 1 atom stereocenters. The first-order chi connectivity index (χ1) is 38.5. The number of benzene rings is 9. The normalized spacial score (nSPS) is 15.2. The van der Waals surface area contributed by atoms with Crippen molar-refractivity contribution >= 4 is 17.1 Å². The summed E-state index contributed by atoms with van der Waals surface area (Å²) in [6.07, 6.45) is 21.6. The van der Waals surface area contributed by atoms with Crippen LogP contribution in [0, 0.1) is 6.92 Å². The zero-order chi connectivity index (χ0) is 53.1. The Labute approximate surface area is 467 Å². The minimum Gasteiger partial charge on any atom is -0.310 e. The second-order valence-electron chi connectivity index (χ2n) is 23.2. The van der Waals surface area contributed by atoms with Crippen LogP contribution in [-0.4, -0.2) is 0 Å². The Morgan fingerprint density at radius 1 is 0.397 bits per heavy atom. The molecule has 9 aromatic carbocycles. The molecule has 392 valence electrons. The van der Waals surface area contributed by atoms with Gasteiger partial charge in [0, 0.05) is 22.4 Å². The smallest absolute Gasteiger partial charge is 0.0734 e. The van der Waals surface area contributed by atoms with Crippen molar-refractivity contribution in [3.05, 3.63) is 256 Å². The lowest BCUT2D eigenvalue weighted by Crippen LogP contribution is -2.31. The highest BCUT2D eigenvalue weighted by atomic mass is 15.1. The van der Waals surface area contributed by atoms with Gasteiger partial charge in [-0.3, -0.25) is 0 Å². The number of rotatable bonds is 22. The average Bonchev–Trinajstić information content (AvgIpc) is 3.35. The largest absolute Gasteiger partial charge is 0.310 e. The lowest BCUT2D eigenvalue weighted by molar-refractivity contribution is 0.398. The van der Waals surface area contributed by atoms with Crippen LogP contribution < -0.4 is 4.90 Å². The molecule has 1 unspecified atom stereocenters. The van der Waals surface area contributed by atoms with E-state index in [0.29, 0.717) is 0 Å². The standard InChI is InChI=1S/C77H79N/c1-5-8-10-12-14-23-51-76(52-24-15-13-11-9-6-2)70-33-21-20-30-69(70)74-66(31-25-35-72(74)76)60-43-49-65(50-44-60)78(64-47-41-58(42-48-64)57-27-17-16-18-28-57)73-36-26-32-68-67-29-19-22-34-71(67)77(75(68)73,62-45-37-55(4)56(7-3)53-62)63-46-40-59-38-39-61(59)54-63/h16-22,25-37,40-50,53-54H,5-15,23-24,38-39,51-52H2,1-4H3. The monoisotopic (exact) mass is 1020 g/mol. The molecule has 0 fully saturated rings. The van der Waals surface area contributed by atoms with Crippen LogP contribution in [0.4, 0.5) is 17.1 Å². The SMILES string of the molecule is CCCCCCCCC1(CCCCCCCC)c2ccccc2-c2c(-c3ccc(N(c4ccc(-c5ccccc5)cc4)c4cccc5c4C(c4ccc(C)c(CC)c4)(c4ccc6c(c4)CC6)c4ccccc4-5)cc3)cccc21. The van der Waals surface area contributed by atoms with Crippen molar-refractivity contribution < 1.29 is 0 Å². The van der Waals surface area contributed by atoms with Gasteiger partial charge in [0.1, 0.15) is 0 Å². The van der Waals surface area contributed by atoms with E-state index < -0.39 is 5.41 Å². The second-order valence-corrected chi connectivity index (χ2v) is 23.2. The average molecular weight is 1020 g/mol. The zero-order valence-electron chi connectivity index (χ0n) is 47.0. The molecule has 9 aromatic rings. The maximum absolute atomic E-state index is 2.57. The van der Waals surface area contributed by atoms with E-state index >= 15 is 0 Å². The molecule has 3 aliphatic rings. The van der Waals surface area contributed by atoms with Gasteiger partial charge >= 0.3 is 0 Å². The van der Waals surface area contributed by atoms with E-state index in [0.717, 1.165) is 30.6 Å². The van der Waals surface area contributed by atoms with Crippen molar-refractivity contribution in [1.29, 1.82) is 0 Å². The summed E-state index contributed by atoms with van der Waals surface area (Å²) in [6, 6.07) is 77.9. The number of fused-ring (bicyclic) bond motifs is 7. The first-order valence-electron chi connectivity index (χ1n) is 30.2. The van der Waals surface area contributed by atoms with Gasteiger partial charge in [-0.05, 0) is 164 Å². The predicted octanol–water partition coefficient (Wildman–Crippen LogP) is 21.6. The van der Waals surface area contributed by atoms with Gasteiger partial charge in [0.15, 0.2) is 0 Å². The van der Waals surface area contributed by atoms with Gasteiger partial charge in [-0.2, -0.15) is 0 Å². The molecule has 1 heteroatoms. The van der Waals surface area contributed by atoms with Crippen LogP contribution in [0.15, 0.2) is 200 Å². The van der Waals surface area contributed by atoms with Crippen molar-refractivity contribution in [3.8, 4) is 44.5 Å². The molecule has 0 N–H and O–H groups in total. The van der Waals surface area contributed by atoms with Crippen LogP contribution in [-0.2, 0) is 30.1 Å². The van der Waals surface area contributed by atoms with Gasteiger partial charge in [0.25, 0.3) is 0 Å². The molecule has 0 amide bonds. The second kappa shape index (κ2) is 22.6. The summed E-state index contributed by atoms with van der Waals surface area (Å²) < 4.78 is 0. The Hall–Kier alpha value is -7.22. The fourth-order valence-corrected chi connectivity index (χ4v) is 14.5. The summed E-state index contributed by atoms with van der Waals surface area (Å²) >= 11 is 0. The zero-order valence-corrected chi connectivity index (χ0v) is 47.0. The molecule has 1 nitrogen and oxygen atoms in total. The summed E-state index contributed by atoms with van der Waals surface area (Å²) in [5.41, 5.74) is 27.8. The van der Waals surface area contributed by atoms with Crippen molar-refractivity contribution in [1.82, 2.24) is 0 Å². The van der Waals surface area contributed by atoms with E-state index in [-0.39, 0.29) is 5.41 Å². The topological polar surface area (TPSA) is 3.24 Å². The summed E-state index contributed by atoms with van der Waals surface area (Å²) in [5, 5.41) is 0. The maximum Gasteiger partial charge on any atom is 0.0734 e. The minimum atomic E-state index is -0.567. The summed E-state index contributed by atoms with van der Waals surface area (Å²) in [4.78, 5) is 2.57. The molecule has 0 bridgehead atoms. The fraction of sp³-hybridized carbons (Fsp3) is 0.299. The summed E-state index contributed by atoms with van der Waals surface area (Å²) in [6.45, 7) is 9.24. The number of hydrogen-bond donors (Lipinski definition) is 0. The highest BCUT2D eigenvalue weighted by Crippen LogP contribution is 2.61. The van der Waals surface area contributed by atoms with Crippen molar-refractivity contribution in [2.24, 2.45) is 0 Å². The van der Waals surface area contributed by atoms with Gasteiger partial charge < -0.3 is 4.90 Å². The van der Waals surface area contributed by atoms with E-state index in [2.05, 4.69) is 233 Å². The third kappa shape index (κ3) is 9.16. The van der Waals surface area contributed by atoms with E-state index in [1.165, 1.54) is 185 Å². The van der Waals surface area contributed by atoms with Crippen molar-refractivity contribution in [2.45, 2.75) is 148 Å². The van der Waals surface area contributed by atoms with Crippen molar-refractivity contribution in [3.63, 3.8) is 0 Å². The van der Waals surface area contributed by atoms with Crippen LogP contribution in [0.5, 0.6) is 0 Å². The molecular formula is C77H79N. The van der Waals surface area contributed by atoms with E-state index in [4.69, 9.17) is 0 Å². The number of aryl methyl sites for hydroxylation is 4. The molecule has 0 saturated heterocycles. The van der Waals surface area contributed by atoms with E-state index in [1.807, 2.05) is 0 Å². The van der Waals surface area contributed by atoms with E-state index in [9.17, 15) is 0 Å². The first kappa shape index (κ1) is 51.5. The molecule has 0 aliphatic heterocycles. The number of hydrogen-bond acceptors (Lipinski definition) is 1. The van der Waals surface area contributed by atoms with Crippen LogP contribution in [0.3, 0.4) is 0 Å². The molecule has 12 rings (SSSR count). The van der Waals surface area contributed by atoms with Crippen LogP contribution in [0.2, 0.25) is 0 Å². The Bertz CT molecular complexity index is 3530. The lowest BCUT2D eigenvalue weighted by Gasteiger charge is -2.39. The third-order valence-corrected chi connectivity index (χ3v) is 18.6. The third-order valence-electron chi connectivity index (χ3n) is 18.6. The maximum atomic E-state index is 2.57. The molecule has 3 aliphatic carbocycles. The highest BCUT2D eigenvalue weighted by molar-refractivity contribution is 5.96. The molecule has 0 radical (unpaired) electrons.